The molecule has 16 heavy (non-hydrogen) atoms. The number of alkyl halides is 1. The molecular weight excluding hydrogens is 246 g/mol. The molecule has 0 N–H and O–H groups in total. The maximum Gasteiger partial charge on any atom is 0.410 e. The molecule has 2 unspecified atom stereocenters. The zero-order chi connectivity index (χ0) is 12.3. The van der Waals surface area contributed by atoms with Gasteiger partial charge < -0.3 is 9.64 Å². The highest BCUT2D eigenvalue weighted by atomic mass is 35.5. The fraction of sp³-hybridized carbons (Fsp3) is 0.909. The summed E-state index contributed by atoms with van der Waals surface area (Å²) in [6, 6.07) is 0. The molecule has 0 aromatic carbocycles. The fourth-order valence-corrected chi connectivity index (χ4v) is 2.60. The van der Waals surface area contributed by atoms with Crippen LogP contribution in [0.15, 0.2) is 0 Å². The Morgan fingerprint density at radius 1 is 1.56 bits per heavy atom. The van der Waals surface area contributed by atoms with E-state index in [1.807, 2.05) is 20.8 Å². The Morgan fingerprint density at radius 2 is 2.19 bits per heavy atom. The maximum atomic E-state index is 11.8. The number of hydrogen-bond acceptors (Lipinski definition) is 3. The van der Waals surface area contributed by atoms with Crippen molar-refractivity contribution in [2.45, 2.75) is 38.0 Å². The Balaban J connectivity index is 2.48. The van der Waals surface area contributed by atoms with Crippen LogP contribution >= 0.6 is 24.2 Å². The minimum Gasteiger partial charge on any atom is -0.444 e. The molecule has 0 bridgehead atoms. The van der Waals surface area contributed by atoms with E-state index in [2.05, 4.69) is 12.6 Å². The smallest absolute Gasteiger partial charge is 0.410 e. The lowest BCUT2D eigenvalue weighted by atomic mass is 9.98. The van der Waals surface area contributed by atoms with Crippen LogP contribution in [0.3, 0.4) is 0 Å². The van der Waals surface area contributed by atoms with Gasteiger partial charge in [-0.25, -0.2) is 4.79 Å². The highest BCUT2D eigenvalue weighted by Gasteiger charge is 2.31. The molecule has 1 aliphatic heterocycles. The molecule has 0 aliphatic carbocycles. The summed E-state index contributed by atoms with van der Waals surface area (Å²) in [5, 5.41) is 0.152. The van der Waals surface area contributed by atoms with Crippen LogP contribution in [0.2, 0.25) is 0 Å². The summed E-state index contributed by atoms with van der Waals surface area (Å²) < 4.78 is 5.31. The van der Waals surface area contributed by atoms with Crippen LogP contribution in [0.1, 0.15) is 27.2 Å². The highest BCUT2D eigenvalue weighted by molar-refractivity contribution is 7.81. The molecule has 2 atom stereocenters. The van der Waals surface area contributed by atoms with Gasteiger partial charge in [-0.05, 0) is 33.1 Å². The standard InChI is InChI=1S/C11H20ClNO2S/c1-11(2,3)15-10(14)13-5-4-8(6-12)9(16)7-13/h8-9,16H,4-7H2,1-3H3. The third-order valence-corrected chi connectivity index (χ3v) is 3.55. The summed E-state index contributed by atoms with van der Waals surface area (Å²) in [6.45, 7) is 6.94. The van der Waals surface area contributed by atoms with Gasteiger partial charge in [0.25, 0.3) is 0 Å². The molecule has 1 amide bonds. The predicted molar refractivity (Wildman–Crippen MR) is 69.4 cm³/mol. The van der Waals surface area contributed by atoms with Gasteiger partial charge in [0, 0.05) is 24.2 Å². The number of hydrogen-bond donors (Lipinski definition) is 1. The average molecular weight is 266 g/mol. The van der Waals surface area contributed by atoms with Crippen LogP contribution in [0, 0.1) is 5.92 Å². The van der Waals surface area contributed by atoms with E-state index in [0.717, 1.165) is 6.42 Å². The van der Waals surface area contributed by atoms with Crippen molar-refractivity contribution in [2.75, 3.05) is 19.0 Å². The zero-order valence-electron chi connectivity index (χ0n) is 10.1. The van der Waals surface area contributed by atoms with Gasteiger partial charge in [0.05, 0.1) is 0 Å². The molecule has 1 fully saturated rings. The average Bonchev–Trinajstić information content (AvgIpc) is 2.15. The fourth-order valence-electron chi connectivity index (χ4n) is 1.65. The van der Waals surface area contributed by atoms with Gasteiger partial charge in [-0.2, -0.15) is 12.6 Å². The van der Waals surface area contributed by atoms with Gasteiger partial charge in [0.2, 0.25) is 0 Å². The minimum atomic E-state index is -0.438. The van der Waals surface area contributed by atoms with Crippen molar-refractivity contribution in [1.29, 1.82) is 0 Å². The molecule has 0 radical (unpaired) electrons. The number of carbonyl (C=O) groups is 1. The number of rotatable bonds is 1. The summed E-state index contributed by atoms with van der Waals surface area (Å²) in [5.41, 5.74) is -0.438. The second-order valence-electron chi connectivity index (χ2n) is 5.20. The number of nitrogens with zero attached hydrogens (tertiary/aromatic N) is 1. The van der Waals surface area contributed by atoms with Crippen LogP contribution < -0.4 is 0 Å². The van der Waals surface area contributed by atoms with E-state index in [0.29, 0.717) is 24.9 Å². The Labute approximate surface area is 108 Å². The van der Waals surface area contributed by atoms with E-state index in [9.17, 15) is 4.79 Å². The second-order valence-corrected chi connectivity index (χ2v) is 6.17. The first kappa shape index (κ1) is 14.0. The lowest BCUT2D eigenvalue weighted by molar-refractivity contribution is 0.0198. The third kappa shape index (κ3) is 4.06. The normalized spacial score (nSPS) is 26.7. The Morgan fingerprint density at radius 3 is 2.62 bits per heavy atom. The molecule has 94 valence electrons. The first-order valence-corrected chi connectivity index (χ1v) is 6.60. The summed E-state index contributed by atoms with van der Waals surface area (Å²) in [6.07, 6.45) is 0.649. The zero-order valence-corrected chi connectivity index (χ0v) is 11.7. The van der Waals surface area contributed by atoms with E-state index in [1.54, 1.807) is 4.90 Å². The van der Waals surface area contributed by atoms with Gasteiger partial charge in [-0.1, -0.05) is 0 Å². The molecule has 1 saturated heterocycles. The van der Waals surface area contributed by atoms with E-state index >= 15 is 0 Å². The van der Waals surface area contributed by atoms with E-state index < -0.39 is 5.60 Å². The van der Waals surface area contributed by atoms with Crippen molar-refractivity contribution >= 4 is 30.3 Å². The maximum absolute atomic E-state index is 11.8. The van der Waals surface area contributed by atoms with Crippen molar-refractivity contribution in [3.05, 3.63) is 0 Å². The van der Waals surface area contributed by atoms with E-state index in [-0.39, 0.29) is 11.3 Å². The van der Waals surface area contributed by atoms with Gasteiger partial charge in [-0.15, -0.1) is 11.6 Å². The Bertz CT molecular complexity index is 255. The topological polar surface area (TPSA) is 29.5 Å². The van der Waals surface area contributed by atoms with Crippen molar-refractivity contribution in [3.8, 4) is 0 Å². The van der Waals surface area contributed by atoms with Crippen LogP contribution in [-0.2, 0) is 4.74 Å². The molecule has 1 heterocycles. The first-order chi connectivity index (χ1) is 7.33. The number of carbonyl (C=O) groups excluding carboxylic acids is 1. The van der Waals surface area contributed by atoms with Gasteiger partial charge in [0.15, 0.2) is 0 Å². The molecule has 0 aromatic heterocycles. The van der Waals surface area contributed by atoms with Crippen molar-refractivity contribution in [1.82, 2.24) is 4.90 Å². The monoisotopic (exact) mass is 265 g/mol. The second kappa shape index (κ2) is 5.50. The lowest BCUT2D eigenvalue weighted by Gasteiger charge is -2.36. The third-order valence-electron chi connectivity index (χ3n) is 2.57. The molecule has 0 aromatic rings. The summed E-state index contributed by atoms with van der Waals surface area (Å²) in [4.78, 5) is 13.5. The van der Waals surface area contributed by atoms with Gasteiger partial charge in [-0.3, -0.25) is 0 Å². The van der Waals surface area contributed by atoms with Gasteiger partial charge in [0.1, 0.15) is 5.60 Å². The quantitative estimate of drug-likeness (QED) is 0.584. The van der Waals surface area contributed by atoms with Gasteiger partial charge >= 0.3 is 6.09 Å². The lowest BCUT2D eigenvalue weighted by Crippen LogP contribution is -2.46. The summed E-state index contributed by atoms with van der Waals surface area (Å²) in [5.74, 6) is 1.000. The number of piperidine rings is 1. The number of thiol groups is 1. The van der Waals surface area contributed by atoms with Crippen molar-refractivity contribution < 1.29 is 9.53 Å². The van der Waals surface area contributed by atoms with Crippen LogP contribution in [0.5, 0.6) is 0 Å². The first-order valence-electron chi connectivity index (χ1n) is 5.55. The predicted octanol–water partition coefficient (Wildman–Crippen LogP) is 2.78. The number of ether oxygens (including phenoxy) is 1. The molecule has 1 rings (SSSR count). The SMILES string of the molecule is CC(C)(C)OC(=O)N1CCC(CCl)C(S)C1. The number of halogens is 1. The Kier molecular flexibility index (Phi) is 4.80. The largest absolute Gasteiger partial charge is 0.444 e. The molecule has 5 heteroatoms. The molecule has 0 saturated carbocycles. The highest BCUT2D eigenvalue weighted by Crippen LogP contribution is 2.24. The Hall–Kier alpha value is -0.0900. The van der Waals surface area contributed by atoms with Crippen LogP contribution in [0.4, 0.5) is 4.79 Å². The summed E-state index contributed by atoms with van der Waals surface area (Å²) >= 11 is 10.3. The van der Waals surface area contributed by atoms with Crippen molar-refractivity contribution in [2.24, 2.45) is 5.92 Å². The molecule has 0 spiro atoms. The molecular formula is C11H20ClNO2S. The number of likely N-dealkylation sites (tertiary alicyclic amines) is 1. The van der Waals surface area contributed by atoms with Crippen LogP contribution in [0.25, 0.3) is 0 Å². The van der Waals surface area contributed by atoms with E-state index in [4.69, 9.17) is 16.3 Å². The number of amides is 1. The van der Waals surface area contributed by atoms with Crippen molar-refractivity contribution in [3.63, 3.8) is 0 Å². The van der Waals surface area contributed by atoms with Crippen LogP contribution in [-0.4, -0.2) is 40.8 Å². The molecule has 3 nitrogen and oxygen atoms in total. The summed E-state index contributed by atoms with van der Waals surface area (Å²) in [7, 11) is 0. The minimum absolute atomic E-state index is 0.152. The van der Waals surface area contributed by atoms with E-state index in [1.165, 1.54) is 0 Å². The molecule has 1 aliphatic rings.